The summed E-state index contributed by atoms with van der Waals surface area (Å²) in [6, 6.07) is 14.9. The fourth-order valence-electron chi connectivity index (χ4n) is 3.33. The van der Waals surface area contributed by atoms with Crippen LogP contribution in [0.4, 0.5) is 0 Å². The minimum absolute atomic E-state index is 0.261. The smallest absolute Gasteiger partial charge is 0.0671 e. The summed E-state index contributed by atoms with van der Waals surface area (Å²) < 4.78 is 0. The Morgan fingerprint density at radius 3 is 1.08 bits per heavy atom. The molecule has 0 unspecified atom stereocenters. The van der Waals surface area contributed by atoms with Gasteiger partial charge in [0, 0.05) is 0 Å². The van der Waals surface area contributed by atoms with Crippen molar-refractivity contribution in [1.82, 2.24) is 0 Å². The molecule has 0 aliphatic heterocycles. The van der Waals surface area contributed by atoms with Gasteiger partial charge in [-0.05, 0) is 25.2 Å². The quantitative estimate of drug-likeness (QED) is 0.490. The molecule has 0 fully saturated rings. The molecule has 0 N–H and O–H groups in total. The number of benzene rings is 2. The summed E-state index contributed by atoms with van der Waals surface area (Å²) in [6.45, 7) is 21.9. The minimum atomic E-state index is -0.417. The first-order valence-corrected chi connectivity index (χ1v) is 21.2. The van der Waals surface area contributed by atoms with Gasteiger partial charge in [-0.2, -0.15) is 0 Å². The van der Waals surface area contributed by atoms with Crippen LogP contribution in [-0.4, -0.2) is 41.9 Å². The van der Waals surface area contributed by atoms with Crippen LogP contribution in [0.1, 0.15) is 0 Å². The zero-order chi connectivity index (χ0) is 19.6. The Bertz CT molecular complexity index is 690. The van der Waals surface area contributed by atoms with Gasteiger partial charge in [-0.15, -0.1) is 0 Å². The predicted molar refractivity (Wildman–Crippen MR) is 133 cm³/mol. The lowest BCUT2D eigenvalue weighted by molar-refractivity contribution is 1.79. The predicted octanol–water partition coefficient (Wildman–Crippen LogP) is 2.59. The maximum Gasteiger partial charge on any atom is 0.0790 e. The molecule has 2 aromatic rings. The Morgan fingerprint density at radius 2 is 0.808 bits per heavy atom. The third-order valence-corrected chi connectivity index (χ3v) is 13.5. The van der Waals surface area contributed by atoms with E-state index in [0.29, 0.717) is 0 Å². The van der Waals surface area contributed by atoms with Gasteiger partial charge in [0.1, 0.15) is 0 Å². The van der Waals surface area contributed by atoms with Crippen molar-refractivity contribution < 1.29 is 0 Å². The first-order chi connectivity index (χ1) is 12.1. The number of hydrogen-bond acceptors (Lipinski definition) is 0. The lowest BCUT2D eigenvalue weighted by atomic mass is 10.3. The van der Waals surface area contributed by atoms with Gasteiger partial charge in [0.2, 0.25) is 0 Å². The van der Waals surface area contributed by atoms with Crippen LogP contribution in [0.25, 0.3) is 0 Å². The Morgan fingerprint density at radius 1 is 0.500 bits per heavy atom. The van der Waals surface area contributed by atoms with E-state index < -0.39 is 17.6 Å². The van der Waals surface area contributed by atoms with Crippen LogP contribution >= 0.6 is 7.92 Å². The summed E-state index contributed by atoms with van der Waals surface area (Å²) >= 11 is 0. The minimum Gasteiger partial charge on any atom is -0.0671 e. The number of hydrogen-bond donors (Lipinski definition) is 0. The van der Waals surface area contributed by atoms with Crippen molar-refractivity contribution in [2.45, 2.75) is 52.4 Å². The van der Waals surface area contributed by atoms with Crippen LogP contribution in [0.3, 0.4) is 0 Å². The lowest BCUT2D eigenvalue weighted by Crippen LogP contribution is -2.46. The molecule has 0 saturated carbocycles. The van der Waals surface area contributed by atoms with E-state index in [0.717, 1.165) is 0 Å². The van der Waals surface area contributed by atoms with E-state index in [4.69, 9.17) is 0 Å². The van der Waals surface area contributed by atoms with Gasteiger partial charge in [-0.25, -0.2) is 0 Å². The van der Waals surface area contributed by atoms with Crippen molar-refractivity contribution in [1.29, 1.82) is 0 Å². The summed E-state index contributed by atoms with van der Waals surface area (Å²) in [5.41, 5.74) is 0. The highest BCUT2D eigenvalue weighted by Gasteiger charge is 2.18. The molecule has 4 radical (unpaired) electrons. The van der Waals surface area contributed by atoms with Gasteiger partial charge >= 0.3 is 0 Å². The summed E-state index contributed by atoms with van der Waals surface area (Å²) in [4.78, 5) is 0. The Hall–Kier alpha value is -0.262. The molecule has 2 aromatic carbocycles. The monoisotopic (exact) mass is 428 g/mol. The standard InChI is InChI=1S/C21H33PSi4/c1-22(16-10-12-18(23(2)3)20(14-16)25(6)7)17-11-13-19(24(4)5)21(15-17)26(8)9/h10-15H,1-9H3. The van der Waals surface area contributed by atoms with E-state index in [1.54, 1.807) is 31.4 Å². The van der Waals surface area contributed by atoms with Gasteiger partial charge in [0.25, 0.3) is 0 Å². The average Bonchev–Trinajstić information content (AvgIpc) is 2.59. The normalized spacial score (nSPS) is 12.2. The Balaban J connectivity index is 2.47. The maximum absolute atomic E-state index is 2.57. The Labute approximate surface area is 169 Å². The summed E-state index contributed by atoms with van der Waals surface area (Å²) in [5, 5.41) is 9.81. The maximum atomic E-state index is 2.57. The molecule has 0 spiro atoms. The second-order valence-electron chi connectivity index (χ2n) is 8.02. The fraction of sp³-hybridized carbons (Fsp3) is 0.429. The molecule has 0 nitrogen and oxygen atoms in total. The van der Waals surface area contributed by atoms with Crippen molar-refractivity contribution in [3.8, 4) is 0 Å². The van der Waals surface area contributed by atoms with Crippen molar-refractivity contribution >= 4 is 74.5 Å². The van der Waals surface area contributed by atoms with Crippen molar-refractivity contribution in [2.24, 2.45) is 0 Å². The second-order valence-corrected chi connectivity index (χ2v) is 20.3. The van der Waals surface area contributed by atoms with Crippen LogP contribution in [0, 0.1) is 0 Å². The van der Waals surface area contributed by atoms with Crippen LogP contribution in [0.2, 0.25) is 52.4 Å². The van der Waals surface area contributed by atoms with Gasteiger partial charge in [-0.3, -0.25) is 0 Å². The highest BCUT2D eigenvalue weighted by molar-refractivity contribution is 7.72. The van der Waals surface area contributed by atoms with Crippen molar-refractivity contribution in [2.75, 3.05) is 6.66 Å². The fourth-order valence-corrected chi connectivity index (χ4v) is 12.3. The van der Waals surface area contributed by atoms with Gasteiger partial charge in [0.15, 0.2) is 0 Å². The molecular weight excluding hydrogens is 396 g/mol. The second kappa shape index (κ2) is 9.29. The molecule has 0 aliphatic rings. The molecule has 0 bridgehead atoms. The van der Waals surface area contributed by atoms with Crippen LogP contribution < -0.4 is 31.4 Å². The topological polar surface area (TPSA) is 0 Å². The highest BCUT2D eigenvalue weighted by Crippen LogP contribution is 2.27. The zero-order valence-electron chi connectivity index (χ0n) is 17.9. The van der Waals surface area contributed by atoms with Crippen LogP contribution in [0.5, 0.6) is 0 Å². The van der Waals surface area contributed by atoms with E-state index in [1.165, 1.54) is 0 Å². The third-order valence-electron chi connectivity index (χ3n) is 4.94. The molecule has 2 rings (SSSR count). The van der Waals surface area contributed by atoms with Crippen LogP contribution in [-0.2, 0) is 0 Å². The van der Waals surface area contributed by atoms with Gasteiger partial charge < -0.3 is 0 Å². The molecule has 0 aromatic heterocycles. The molecule has 0 heterocycles. The van der Waals surface area contributed by atoms with Crippen molar-refractivity contribution in [3.05, 3.63) is 36.4 Å². The Kier molecular flexibility index (Phi) is 7.87. The first kappa shape index (κ1) is 22.0. The SMILES string of the molecule is C[Si](C)c1ccc(P(C)c2ccc([Si](C)C)c([Si](C)C)c2)cc1[Si](C)C. The zero-order valence-corrected chi connectivity index (χ0v) is 22.8. The largest absolute Gasteiger partial charge is 0.0790 e. The van der Waals surface area contributed by atoms with E-state index in [9.17, 15) is 0 Å². The third kappa shape index (κ3) is 4.96. The summed E-state index contributed by atoms with van der Waals surface area (Å²) in [5.74, 6) is 0. The van der Waals surface area contributed by atoms with Gasteiger partial charge in [-0.1, -0.05) is 110 Å². The summed E-state index contributed by atoms with van der Waals surface area (Å²) in [7, 11) is -1.87. The lowest BCUT2D eigenvalue weighted by Gasteiger charge is -2.22. The van der Waals surface area contributed by atoms with Crippen molar-refractivity contribution in [3.63, 3.8) is 0 Å². The molecule has 26 heavy (non-hydrogen) atoms. The average molecular weight is 429 g/mol. The molecular formula is C21H33PSi4. The van der Waals surface area contributed by atoms with Gasteiger partial charge in [0.05, 0.1) is 35.2 Å². The number of rotatable bonds is 6. The van der Waals surface area contributed by atoms with E-state index in [1.807, 2.05) is 0 Å². The highest BCUT2D eigenvalue weighted by atomic mass is 31.1. The molecule has 5 heteroatoms. The van der Waals surface area contributed by atoms with E-state index >= 15 is 0 Å². The van der Waals surface area contributed by atoms with E-state index in [-0.39, 0.29) is 25.5 Å². The molecule has 138 valence electrons. The molecule has 0 amide bonds. The summed E-state index contributed by atoms with van der Waals surface area (Å²) in [6.07, 6.45) is 0. The van der Waals surface area contributed by atoms with E-state index in [2.05, 4.69) is 95.4 Å². The molecule has 0 atom stereocenters. The van der Waals surface area contributed by atoms with Crippen LogP contribution in [0.15, 0.2) is 36.4 Å². The first-order valence-electron chi connectivity index (χ1n) is 9.37. The molecule has 0 aliphatic carbocycles. The molecule has 0 saturated heterocycles.